The van der Waals surface area contributed by atoms with E-state index in [1.807, 2.05) is 36.9 Å². The zero-order chi connectivity index (χ0) is 18.1. The van der Waals surface area contributed by atoms with Gasteiger partial charge >= 0.3 is 0 Å². The van der Waals surface area contributed by atoms with Crippen LogP contribution in [0.15, 0.2) is 29.3 Å². The molecular formula is C19H30N4O2. The van der Waals surface area contributed by atoms with Crippen molar-refractivity contribution in [1.29, 1.82) is 0 Å². The van der Waals surface area contributed by atoms with Gasteiger partial charge in [-0.1, -0.05) is 25.1 Å². The van der Waals surface area contributed by atoms with Gasteiger partial charge in [-0.2, -0.15) is 0 Å². The van der Waals surface area contributed by atoms with Crippen LogP contribution in [0.5, 0.6) is 5.75 Å². The predicted octanol–water partition coefficient (Wildman–Crippen LogP) is 1.80. The van der Waals surface area contributed by atoms with Crippen molar-refractivity contribution in [3.8, 4) is 5.75 Å². The molecule has 0 aliphatic carbocycles. The van der Waals surface area contributed by atoms with E-state index in [9.17, 15) is 4.79 Å². The molecule has 2 N–H and O–H groups in total. The molecule has 0 saturated carbocycles. The lowest BCUT2D eigenvalue weighted by atomic mass is 10.1. The Bertz CT molecular complexity index is 589. The summed E-state index contributed by atoms with van der Waals surface area (Å²) in [5, 5.41) is 6.77. The smallest absolute Gasteiger partial charge is 0.222 e. The van der Waals surface area contributed by atoms with Gasteiger partial charge in [0.05, 0.1) is 6.61 Å². The molecular weight excluding hydrogens is 316 g/mol. The van der Waals surface area contributed by atoms with Crippen molar-refractivity contribution in [2.24, 2.45) is 4.99 Å². The minimum Gasteiger partial charge on any atom is -0.494 e. The first kappa shape index (κ1) is 19.1. The molecule has 1 saturated heterocycles. The van der Waals surface area contributed by atoms with Crippen LogP contribution in [0, 0.1) is 0 Å². The van der Waals surface area contributed by atoms with Crippen molar-refractivity contribution in [3.05, 3.63) is 29.8 Å². The summed E-state index contributed by atoms with van der Waals surface area (Å²) in [7, 11) is 1.77. The molecule has 2 rings (SSSR count). The van der Waals surface area contributed by atoms with Crippen LogP contribution in [0.4, 0.5) is 0 Å². The van der Waals surface area contributed by atoms with E-state index < -0.39 is 0 Å². The lowest BCUT2D eigenvalue weighted by molar-refractivity contribution is -0.129. The number of ether oxygens (including phenoxy) is 1. The number of nitrogens with one attached hydrogen (secondary N) is 2. The number of rotatable bonds is 7. The first-order valence-corrected chi connectivity index (χ1v) is 9.13. The Hall–Kier alpha value is -2.24. The van der Waals surface area contributed by atoms with Crippen LogP contribution in [-0.4, -0.2) is 56.1 Å². The molecule has 0 bridgehead atoms. The van der Waals surface area contributed by atoms with Crippen LogP contribution in [-0.2, 0) is 11.2 Å². The van der Waals surface area contributed by atoms with Gasteiger partial charge in [0.2, 0.25) is 5.91 Å². The van der Waals surface area contributed by atoms with Crippen LogP contribution in [0.25, 0.3) is 0 Å². The van der Waals surface area contributed by atoms with Crippen molar-refractivity contribution in [3.63, 3.8) is 0 Å². The summed E-state index contributed by atoms with van der Waals surface area (Å²) in [5.74, 6) is 1.95. The number of benzene rings is 1. The van der Waals surface area contributed by atoms with Crippen molar-refractivity contribution in [2.45, 2.75) is 39.2 Å². The van der Waals surface area contributed by atoms with Gasteiger partial charge < -0.3 is 20.3 Å². The van der Waals surface area contributed by atoms with Crippen molar-refractivity contribution in [1.82, 2.24) is 15.5 Å². The van der Waals surface area contributed by atoms with E-state index in [1.165, 1.54) is 5.56 Å². The molecule has 25 heavy (non-hydrogen) atoms. The lowest BCUT2D eigenvalue weighted by Gasteiger charge is -2.19. The highest BCUT2D eigenvalue weighted by molar-refractivity contribution is 5.80. The quantitative estimate of drug-likeness (QED) is 0.584. The maximum absolute atomic E-state index is 11.8. The Labute approximate surface area is 150 Å². The minimum absolute atomic E-state index is 0.222. The first-order chi connectivity index (χ1) is 12.2. The zero-order valence-corrected chi connectivity index (χ0v) is 15.5. The van der Waals surface area contributed by atoms with Gasteiger partial charge in [-0.25, -0.2) is 0 Å². The number of nitrogens with zero attached hydrogens (tertiary/aromatic N) is 2. The SMILES string of the molecule is CCOc1ccccc1CCNC(=NC)NC1CCN(C(=O)CC)C1. The average molecular weight is 346 g/mol. The number of hydrogen-bond donors (Lipinski definition) is 2. The largest absolute Gasteiger partial charge is 0.494 e. The van der Waals surface area contributed by atoms with E-state index in [4.69, 9.17) is 4.74 Å². The van der Waals surface area contributed by atoms with Crippen LogP contribution in [0.2, 0.25) is 0 Å². The molecule has 1 fully saturated rings. The molecule has 6 nitrogen and oxygen atoms in total. The molecule has 1 heterocycles. The van der Waals surface area contributed by atoms with Gasteiger partial charge in [-0.15, -0.1) is 0 Å². The Morgan fingerprint density at radius 3 is 2.88 bits per heavy atom. The summed E-state index contributed by atoms with van der Waals surface area (Å²) in [6.07, 6.45) is 2.39. The van der Waals surface area contributed by atoms with Crippen molar-refractivity contribution < 1.29 is 9.53 Å². The van der Waals surface area contributed by atoms with Crippen LogP contribution in [0.3, 0.4) is 0 Å². The van der Waals surface area contributed by atoms with Gasteiger partial charge in [0.25, 0.3) is 0 Å². The second-order valence-electron chi connectivity index (χ2n) is 6.11. The average Bonchev–Trinajstić information content (AvgIpc) is 3.10. The van der Waals surface area contributed by atoms with Crippen molar-refractivity contribution >= 4 is 11.9 Å². The molecule has 0 aromatic heterocycles. The van der Waals surface area contributed by atoms with Crippen LogP contribution < -0.4 is 15.4 Å². The van der Waals surface area contributed by atoms with Gasteiger partial charge in [-0.05, 0) is 31.4 Å². The highest BCUT2D eigenvalue weighted by Crippen LogP contribution is 2.18. The molecule has 1 aliphatic rings. The number of carbonyl (C=O) groups excluding carboxylic acids is 1. The molecule has 1 unspecified atom stereocenters. The summed E-state index contributed by atoms with van der Waals surface area (Å²) >= 11 is 0. The second kappa shape index (κ2) is 9.91. The Kier molecular flexibility index (Phi) is 7.57. The number of para-hydroxylation sites is 1. The fraction of sp³-hybridized carbons (Fsp3) is 0.579. The Morgan fingerprint density at radius 2 is 2.16 bits per heavy atom. The van der Waals surface area contributed by atoms with Crippen molar-refractivity contribution in [2.75, 3.05) is 33.3 Å². The monoisotopic (exact) mass is 346 g/mol. The van der Waals surface area contributed by atoms with E-state index in [-0.39, 0.29) is 11.9 Å². The van der Waals surface area contributed by atoms with Crippen LogP contribution in [0.1, 0.15) is 32.3 Å². The number of guanidine groups is 1. The maximum Gasteiger partial charge on any atom is 0.222 e. The van der Waals surface area contributed by atoms with E-state index in [0.717, 1.165) is 44.2 Å². The van der Waals surface area contributed by atoms with E-state index in [0.29, 0.717) is 13.0 Å². The molecule has 1 amide bonds. The third-order valence-electron chi connectivity index (χ3n) is 4.37. The van der Waals surface area contributed by atoms with Gasteiger partial charge in [0, 0.05) is 39.1 Å². The number of aliphatic imine (C=N–C) groups is 1. The maximum atomic E-state index is 11.8. The highest BCUT2D eigenvalue weighted by Gasteiger charge is 2.25. The molecule has 6 heteroatoms. The minimum atomic E-state index is 0.222. The van der Waals surface area contributed by atoms with Gasteiger partial charge in [0.15, 0.2) is 5.96 Å². The fourth-order valence-electron chi connectivity index (χ4n) is 3.04. The number of hydrogen-bond acceptors (Lipinski definition) is 3. The van der Waals surface area contributed by atoms with Gasteiger partial charge in [0.1, 0.15) is 5.75 Å². The molecule has 1 atom stereocenters. The third kappa shape index (κ3) is 5.66. The fourth-order valence-corrected chi connectivity index (χ4v) is 3.04. The molecule has 138 valence electrons. The van der Waals surface area contributed by atoms with E-state index in [2.05, 4.69) is 21.7 Å². The highest BCUT2D eigenvalue weighted by atomic mass is 16.5. The third-order valence-corrected chi connectivity index (χ3v) is 4.37. The number of amides is 1. The number of likely N-dealkylation sites (tertiary alicyclic amines) is 1. The lowest BCUT2D eigenvalue weighted by Crippen LogP contribution is -2.45. The first-order valence-electron chi connectivity index (χ1n) is 9.13. The Morgan fingerprint density at radius 1 is 1.36 bits per heavy atom. The summed E-state index contributed by atoms with van der Waals surface area (Å²) in [6.45, 7) is 6.92. The summed E-state index contributed by atoms with van der Waals surface area (Å²) in [6, 6.07) is 8.38. The number of carbonyl (C=O) groups is 1. The molecule has 1 aromatic carbocycles. The van der Waals surface area contributed by atoms with E-state index in [1.54, 1.807) is 7.05 Å². The second-order valence-corrected chi connectivity index (χ2v) is 6.11. The predicted molar refractivity (Wildman–Crippen MR) is 101 cm³/mol. The topological polar surface area (TPSA) is 66.0 Å². The summed E-state index contributed by atoms with van der Waals surface area (Å²) < 4.78 is 5.66. The normalized spacial score (nSPS) is 17.5. The molecule has 0 spiro atoms. The zero-order valence-electron chi connectivity index (χ0n) is 15.5. The summed E-state index contributed by atoms with van der Waals surface area (Å²) in [4.78, 5) is 18.0. The van der Waals surface area contributed by atoms with Crippen LogP contribution >= 0.6 is 0 Å². The Balaban J connectivity index is 1.79. The molecule has 1 aliphatic heterocycles. The van der Waals surface area contributed by atoms with E-state index >= 15 is 0 Å². The van der Waals surface area contributed by atoms with Gasteiger partial charge in [-0.3, -0.25) is 9.79 Å². The molecule has 1 aromatic rings. The standard InChI is InChI=1S/C19H30N4O2/c1-4-18(24)23-13-11-16(14-23)22-19(20-3)21-12-10-15-8-6-7-9-17(15)25-5-2/h6-9,16H,4-5,10-14H2,1-3H3,(H2,20,21,22). The molecule has 0 radical (unpaired) electrons. The summed E-state index contributed by atoms with van der Waals surface area (Å²) in [5.41, 5.74) is 1.19.